The first-order valence-electron chi connectivity index (χ1n) is 6.69. The molecule has 1 atom stereocenters. The molecule has 3 nitrogen and oxygen atoms in total. The van der Waals surface area contributed by atoms with Crippen molar-refractivity contribution in [1.82, 2.24) is 15.1 Å². The summed E-state index contributed by atoms with van der Waals surface area (Å²) in [6.45, 7) is 11.1. The maximum Gasteiger partial charge on any atom is 0.0596 e. The van der Waals surface area contributed by atoms with Crippen molar-refractivity contribution in [3.05, 3.63) is 17.5 Å². The average Bonchev–Trinajstić information content (AvgIpc) is 2.54. The first kappa shape index (κ1) is 14.2. The molecule has 0 aliphatic carbocycles. The maximum atomic E-state index is 4.38. The second-order valence-corrected chi connectivity index (χ2v) is 5.60. The summed E-state index contributed by atoms with van der Waals surface area (Å²) in [6, 6.07) is 2.19. The molecule has 1 N–H and O–H groups in total. The van der Waals surface area contributed by atoms with Crippen LogP contribution in [-0.4, -0.2) is 22.9 Å². The van der Waals surface area contributed by atoms with Gasteiger partial charge in [0.15, 0.2) is 0 Å². The van der Waals surface area contributed by atoms with Crippen LogP contribution in [0, 0.1) is 18.8 Å². The van der Waals surface area contributed by atoms with Crippen molar-refractivity contribution in [2.24, 2.45) is 18.9 Å². The number of nitrogens with zero attached hydrogens (tertiary/aromatic N) is 2. The van der Waals surface area contributed by atoms with Crippen molar-refractivity contribution in [2.45, 2.75) is 40.5 Å². The topological polar surface area (TPSA) is 29.9 Å². The summed E-state index contributed by atoms with van der Waals surface area (Å²) in [5, 5.41) is 7.89. The van der Waals surface area contributed by atoms with E-state index in [4.69, 9.17) is 0 Å². The highest BCUT2D eigenvalue weighted by Gasteiger charge is 2.06. The van der Waals surface area contributed by atoms with Crippen molar-refractivity contribution in [3.63, 3.8) is 0 Å². The van der Waals surface area contributed by atoms with E-state index in [0.717, 1.165) is 37.0 Å². The summed E-state index contributed by atoms with van der Waals surface area (Å²) >= 11 is 0. The zero-order chi connectivity index (χ0) is 12.8. The third-order valence-corrected chi connectivity index (χ3v) is 3.04. The van der Waals surface area contributed by atoms with Crippen LogP contribution in [0.1, 0.15) is 38.6 Å². The van der Waals surface area contributed by atoms with Gasteiger partial charge in [0.05, 0.1) is 5.69 Å². The lowest BCUT2D eigenvalue weighted by atomic mass is 10.0. The molecule has 1 aromatic heterocycles. The Morgan fingerprint density at radius 3 is 2.53 bits per heavy atom. The van der Waals surface area contributed by atoms with Gasteiger partial charge in [0.2, 0.25) is 0 Å². The summed E-state index contributed by atoms with van der Waals surface area (Å²) in [5.41, 5.74) is 2.46. The number of hydrogen-bond donors (Lipinski definition) is 1. The Kier molecular flexibility index (Phi) is 5.69. The molecule has 17 heavy (non-hydrogen) atoms. The predicted molar refractivity (Wildman–Crippen MR) is 73.1 cm³/mol. The van der Waals surface area contributed by atoms with Gasteiger partial charge in [-0.2, -0.15) is 5.10 Å². The Labute approximate surface area is 106 Å². The van der Waals surface area contributed by atoms with E-state index in [1.807, 2.05) is 11.7 Å². The van der Waals surface area contributed by atoms with Gasteiger partial charge in [-0.25, -0.2) is 0 Å². The van der Waals surface area contributed by atoms with Crippen LogP contribution in [-0.2, 0) is 13.5 Å². The molecule has 0 aromatic carbocycles. The molecule has 1 aromatic rings. The van der Waals surface area contributed by atoms with Gasteiger partial charge in [0.1, 0.15) is 0 Å². The molecular formula is C14H27N3. The quantitative estimate of drug-likeness (QED) is 0.790. The van der Waals surface area contributed by atoms with Crippen LogP contribution < -0.4 is 5.32 Å². The van der Waals surface area contributed by atoms with Crippen LogP contribution in [0.5, 0.6) is 0 Å². The van der Waals surface area contributed by atoms with E-state index in [1.54, 1.807) is 0 Å². The zero-order valence-electron chi connectivity index (χ0n) is 12.0. The summed E-state index contributed by atoms with van der Waals surface area (Å²) in [7, 11) is 2.03. The van der Waals surface area contributed by atoms with Crippen LogP contribution in [0.4, 0.5) is 0 Å². The third kappa shape index (κ3) is 5.35. The molecule has 0 spiro atoms. The van der Waals surface area contributed by atoms with Crippen molar-refractivity contribution in [1.29, 1.82) is 0 Å². The third-order valence-electron chi connectivity index (χ3n) is 3.04. The highest BCUT2D eigenvalue weighted by molar-refractivity contribution is 5.08. The van der Waals surface area contributed by atoms with Crippen LogP contribution in [0.15, 0.2) is 6.07 Å². The molecule has 0 bridgehead atoms. The molecule has 1 unspecified atom stereocenters. The molecule has 0 fully saturated rings. The lowest BCUT2D eigenvalue weighted by molar-refractivity contribution is 0.450. The smallest absolute Gasteiger partial charge is 0.0596 e. The highest BCUT2D eigenvalue weighted by Crippen LogP contribution is 2.10. The molecule has 0 aliphatic heterocycles. The van der Waals surface area contributed by atoms with Crippen LogP contribution in [0.3, 0.4) is 0 Å². The van der Waals surface area contributed by atoms with Crippen LogP contribution in [0.2, 0.25) is 0 Å². The van der Waals surface area contributed by atoms with Gasteiger partial charge in [-0.15, -0.1) is 0 Å². The number of rotatable bonds is 7. The number of hydrogen-bond acceptors (Lipinski definition) is 2. The minimum Gasteiger partial charge on any atom is -0.316 e. The van der Waals surface area contributed by atoms with Gasteiger partial charge in [0.25, 0.3) is 0 Å². The standard InChI is InChI=1S/C14H27N3/c1-11(2)9-15-10-12(3)6-7-14-8-13(4)16-17(14)5/h8,11-12,15H,6-7,9-10H2,1-5H3. The minimum absolute atomic E-state index is 0.726. The second kappa shape index (κ2) is 6.80. The van der Waals surface area contributed by atoms with E-state index >= 15 is 0 Å². The molecule has 0 saturated heterocycles. The summed E-state index contributed by atoms with van der Waals surface area (Å²) in [5.74, 6) is 1.46. The van der Waals surface area contributed by atoms with E-state index in [-0.39, 0.29) is 0 Å². The lowest BCUT2D eigenvalue weighted by Crippen LogP contribution is -2.25. The molecule has 1 heterocycles. The molecule has 3 heteroatoms. The fraction of sp³-hybridized carbons (Fsp3) is 0.786. The van der Waals surface area contributed by atoms with Gasteiger partial charge < -0.3 is 5.32 Å². The molecule has 0 aliphatic rings. The summed E-state index contributed by atoms with van der Waals surface area (Å²) in [6.07, 6.45) is 2.35. The molecule has 98 valence electrons. The molecule has 1 rings (SSSR count). The molecule has 0 amide bonds. The van der Waals surface area contributed by atoms with E-state index in [2.05, 4.69) is 44.2 Å². The minimum atomic E-state index is 0.726. The van der Waals surface area contributed by atoms with Crippen LogP contribution >= 0.6 is 0 Å². The predicted octanol–water partition coefficient (Wildman–Crippen LogP) is 2.54. The summed E-state index contributed by atoms with van der Waals surface area (Å²) in [4.78, 5) is 0. The Morgan fingerprint density at radius 1 is 1.29 bits per heavy atom. The molecule has 0 radical (unpaired) electrons. The van der Waals surface area contributed by atoms with Gasteiger partial charge in [-0.1, -0.05) is 20.8 Å². The van der Waals surface area contributed by atoms with E-state index in [0.29, 0.717) is 0 Å². The summed E-state index contributed by atoms with van der Waals surface area (Å²) < 4.78 is 2.00. The Morgan fingerprint density at radius 2 is 2.00 bits per heavy atom. The van der Waals surface area contributed by atoms with Gasteiger partial charge >= 0.3 is 0 Å². The fourth-order valence-corrected chi connectivity index (χ4v) is 2.01. The first-order chi connectivity index (χ1) is 7.99. The van der Waals surface area contributed by atoms with E-state index in [9.17, 15) is 0 Å². The average molecular weight is 237 g/mol. The van der Waals surface area contributed by atoms with Crippen molar-refractivity contribution < 1.29 is 0 Å². The largest absolute Gasteiger partial charge is 0.316 e. The van der Waals surface area contributed by atoms with Crippen molar-refractivity contribution in [2.75, 3.05) is 13.1 Å². The number of aryl methyl sites for hydroxylation is 3. The SMILES string of the molecule is Cc1cc(CCC(C)CNCC(C)C)n(C)n1. The lowest BCUT2D eigenvalue weighted by Gasteiger charge is -2.13. The molecule has 0 saturated carbocycles. The van der Waals surface area contributed by atoms with E-state index in [1.165, 1.54) is 12.1 Å². The second-order valence-electron chi connectivity index (χ2n) is 5.60. The number of nitrogens with one attached hydrogen (secondary N) is 1. The monoisotopic (exact) mass is 237 g/mol. The Hall–Kier alpha value is -0.830. The zero-order valence-corrected chi connectivity index (χ0v) is 12.0. The Bertz CT molecular complexity index is 328. The normalized spacial score (nSPS) is 13.3. The first-order valence-corrected chi connectivity index (χ1v) is 6.69. The van der Waals surface area contributed by atoms with Crippen LogP contribution in [0.25, 0.3) is 0 Å². The van der Waals surface area contributed by atoms with Gasteiger partial charge in [-0.3, -0.25) is 4.68 Å². The maximum absolute atomic E-state index is 4.38. The van der Waals surface area contributed by atoms with E-state index < -0.39 is 0 Å². The fourth-order valence-electron chi connectivity index (χ4n) is 2.01. The molecular weight excluding hydrogens is 210 g/mol. The number of aromatic nitrogens is 2. The van der Waals surface area contributed by atoms with Crippen molar-refractivity contribution >= 4 is 0 Å². The highest BCUT2D eigenvalue weighted by atomic mass is 15.3. The van der Waals surface area contributed by atoms with Crippen molar-refractivity contribution in [3.8, 4) is 0 Å². The Balaban J connectivity index is 2.23. The van der Waals surface area contributed by atoms with Gasteiger partial charge in [-0.05, 0) is 50.8 Å². The van der Waals surface area contributed by atoms with Gasteiger partial charge in [0, 0.05) is 12.7 Å².